The van der Waals surface area contributed by atoms with Gasteiger partial charge in [0.1, 0.15) is 19.9 Å². The van der Waals surface area contributed by atoms with E-state index in [1.54, 1.807) is 12.1 Å². The van der Waals surface area contributed by atoms with Gasteiger partial charge in [0.2, 0.25) is 0 Å². The lowest BCUT2D eigenvalue weighted by Crippen LogP contribution is -2.47. The van der Waals surface area contributed by atoms with E-state index in [4.69, 9.17) is 4.66 Å². The monoisotopic (exact) mass is 282 g/mol. The molecule has 0 unspecified atom stereocenters. The molecule has 18 heavy (non-hydrogen) atoms. The van der Waals surface area contributed by atoms with Gasteiger partial charge in [0.25, 0.3) is 0 Å². The third kappa shape index (κ3) is 5.14. The molecular formula is C13H23FN2Si2. The van der Waals surface area contributed by atoms with Gasteiger partial charge in [-0.15, -0.1) is 0 Å². The maximum Gasteiger partial charge on any atom is 0.175 e. The second kappa shape index (κ2) is 5.36. The van der Waals surface area contributed by atoms with Crippen molar-refractivity contribution in [1.82, 2.24) is 4.98 Å². The van der Waals surface area contributed by atoms with Gasteiger partial charge >= 0.3 is 0 Å². The fourth-order valence-corrected chi connectivity index (χ4v) is 3.36. The van der Waals surface area contributed by atoms with E-state index < -0.39 is 16.5 Å². The molecule has 0 atom stereocenters. The molecule has 1 aromatic rings. The van der Waals surface area contributed by atoms with Crippen LogP contribution in [0.3, 0.4) is 0 Å². The summed E-state index contributed by atoms with van der Waals surface area (Å²) in [6.07, 6.45) is 0. The Hall–Kier alpha value is -0.946. The second-order valence-corrected chi connectivity index (χ2v) is 15.8. The Kier molecular flexibility index (Phi) is 4.50. The van der Waals surface area contributed by atoms with Crippen LogP contribution in [0.2, 0.25) is 39.3 Å². The van der Waals surface area contributed by atoms with Crippen LogP contribution in [0.5, 0.6) is 0 Å². The first-order chi connectivity index (χ1) is 8.08. The topological polar surface area (TPSA) is 24.4 Å². The third-order valence-corrected chi connectivity index (χ3v) is 3.95. The molecule has 1 N–H and O–H groups in total. The zero-order valence-electron chi connectivity index (χ0n) is 12.1. The van der Waals surface area contributed by atoms with Crippen LogP contribution in [-0.4, -0.2) is 22.3 Å². The van der Waals surface area contributed by atoms with Gasteiger partial charge < -0.3 is 9.64 Å². The van der Waals surface area contributed by atoms with Crippen LogP contribution in [0.4, 0.5) is 4.39 Å². The molecule has 2 nitrogen and oxygen atoms in total. The van der Waals surface area contributed by atoms with Crippen LogP contribution in [0.15, 0.2) is 28.9 Å². The first kappa shape index (κ1) is 15.1. The van der Waals surface area contributed by atoms with Gasteiger partial charge in [-0.3, -0.25) is 0 Å². The minimum absolute atomic E-state index is 0.208. The molecule has 0 fully saturated rings. The average Bonchev–Trinajstić information content (AvgIpc) is 2.12. The van der Waals surface area contributed by atoms with E-state index in [1.807, 2.05) is 6.07 Å². The van der Waals surface area contributed by atoms with E-state index in [0.29, 0.717) is 5.56 Å². The summed E-state index contributed by atoms with van der Waals surface area (Å²) in [5.41, 5.74) is 0.586. The van der Waals surface area contributed by atoms with Crippen molar-refractivity contribution in [2.75, 3.05) is 0 Å². The van der Waals surface area contributed by atoms with Gasteiger partial charge in [-0.1, -0.05) is 31.8 Å². The van der Waals surface area contributed by atoms with Gasteiger partial charge in [-0.05, 0) is 31.8 Å². The lowest BCUT2D eigenvalue weighted by atomic mass is 10.2. The Bertz CT molecular complexity index is 445. The molecule has 0 spiro atoms. The number of hydrogen-bond donors (Lipinski definition) is 1. The summed E-state index contributed by atoms with van der Waals surface area (Å²) in [5.74, 6) is 0.520. The zero-order chi connectivity index (χ0) is 14.0. The van der Waals surface area contributed by atoms with Crippen molar-refractivity contribution >= 4 is 22.3 Å². The molecule has 0 aliphatic carbocycles. The van der Waals surface area contributed by atoms with E-state index >= 15 is 0 Å². The summed E-state index contributed by atoms with van der Waals surface area (Å²) in [6, 6.07) is 6.84. The Labute approximate surface area is 112 Å². The first-order valence-corrected chi connectivity index (χ1v) is 13.2. The number of halogens is 1. The summed E-state index contributed by atoms with van der Waals surface area (Å²) < 4.78 is 18.7. The van der Waals surface area contributed by atoms with Crippen LogP contribution in [0.1, 0.15) is 5.56 Å². The van der Waals surface area contributed by atoms with Crippen molar-refractivity contribution in [3.05, 3.63) is 35.6 Å². The Morgan fingerprint density at radius 2 is 1.61 bits per heavy atom. The number of benzene rings is 1. The molecule has 0 saturated heterocycles. The lowest BCUT2D eigenvalue weighted by molar-refractivity contribution is 0.625. The molecule has 0 aliphatic heterocycles. The Balaban J connectivity index is 3.22. The fraction of sp³-hybridized carbons (Fsp3) is 0.462. The predicted molar refractivity (Wildman–Crippen MR) is 82.8 cm³/mol. The summed E-state index contributed by atoms with van der Waals surface area (Å²) in [4.78, 5) is 3.45. The largest absolute Gasteiger partial charge is 0.396 e. The van der Waals surface area contributed by atoms with Crippen LogP contribution in [0.25, 0.3) is 0 Å². The molecular weight excluding hydrogens is 259 g/mol. The standard InChI is InChI=1S/C13H23FN2Si2/c1-17(2,3)15-13(16-18(4,5)6)11-9-7-8-10-12(11)14/h7-10H,1-6H3,(H,15,16). The molecule has 0 heterocycles. The summed E-state index contributed by atoms with van der Waals surface area (Å²) >= 11 is 0. The minimum atomic E-state index is -1.64. The Morgan fingerprint density at radius 3 is 2.06 bits per heavy atom. The van der Waals surface area contributed by atoms with Crippen molar-refractivity contribution in [3.63, 3.8) is 0 Å². The predicted octanol–water partition coefficient (Wildman–Crippen LogP) is 3.83. The van der Waals surface area contributed by atoms with Gasteiger partial charge in [0.05, 0.1) is 5.56 Å². The van der Waals surface area contributed by atoms with Gasteiger partial charge in [0.15, 0.2) is 8.24 Å². The second-order valence-electron chi connectivity index (χ2n) is 6.49. The maximum atomic E-state index is 13.9. The van der Waals surface area contributed by atoms with Crippen LogP contribution in [-0.2, 0) is 0 Å². The van der Waals surface area contributed by atoms with Crippen LogP contribution < -0.4 is 4.98 Å². The molecule has 0 aromatic heterocycles. The van der Waals surface area contributed by atoms with Crippen molar-refractivity contribution < 1.29 is 4.39 Å². The van der Waals surface area contributed by atoms with Crippen molar-refractivity contribution in [2.24, 2.45) is 4.66 Å². The molecule has 0 aliphatic rings. The van der Waals surface area contributed by atoms with Crippen molar-refractivity contribution in [2.45, 2.75) is 39.3 Å². The molecule has 0 saturated carbocycles. The van der Waals surface area contributed by atoms with Gasteiger partial charge in [0, 0.05) is 0 Å². The number of hydrogen-bond acceptors (Lipinski definition) is 1. The highest BCUT2D eigenvalue weighted by molar-refractivity contribution is 6.78. The summed E-state index contributed by atoms with van der Waals surface area (Å²) in [6.45, 7) is 13.0. The van der Waals surface area contributed by atoms with E-state index in [1.165, 1.54) is 6.07 Å². The van der Waals surface area contributed by atoms with Gasteiger partial charge in [-0.2, -0.15) is 0 Å². The summed E-state index contributed by atoms with van der Waals surface area (Å²) in [5, 5.41) is 0. The van der Waals surface area contributed by atoms with Crippen LogP contribution in [0, 0.1) is 5.82 Å². The van der Waals surface area contributed by atoms with E-state index in [0.717, 1.165) is 5.84 Å². The average molecular weight is 283 g/mol. The molecule has 1 aromatic carbocycles. The van der Waals surface area contributed by atoms with Gasteiger partial charge in [-0.25, -0.2) is 4.39 Å². The van der Waals surface area contributed by atoms with Crippen molar-refractivity contribution in [3.8, 4) is 0 Å². The smallest absolute Gasteiger partial charge is 0.175 e. The molecule has 5 heteroatoms. The summed E-state index contributed by atoms with van der Waals surface area (Å²) in [7, 11) is -3.20. The first-order valence-electron chi connectivity index (χ1n) is 6.21. The fourth-order valence-electron chi connectivity index (χ4n) is 1.50. The number of nitrogens with one attached hydrogen (secondary N) is 1. The SMILES string of the molecule is C[Si](C)(C)/N=C(/N[Si](C)(C)C)c1ccccc1F. The molecule has 100 valence electrons. The lowest BCUT2D eigenvalue weighted by Gasteiger charge is -2.24. The Morgan fingerprint density at radius 1 is 1.06 bits per heavy atom. The van der Waals surface area contributed by atoms with E-state index in [2.05, 4.69) is 44.3 Å². The number of amidine groups is 1. The van der Waals surface area contributed by atoms with Crippen LogP contribution >= 0.6 is 0 Å². The highest BCUT2D eigenvalue weighted by Crippen LogP contribution is 2.12. The van der Waals surface area contributed by atoms with E-state index in [-0.39, 0.29) is 5.82 Å². The quantitative estimate of drug-likeness (QED) is 0.508. The third-order valence-electron chi connectivity index (χ3n) is 2.07. The minimum Gasteiger partial charge on any atom is -0.396 e. The highest BCUT2D eigenvalue weighted by atomic mass is 28.3. The number of nitrogens with zero attached hydrogens (tertiary/aromatic N) is 1. The molecule has 1 rings (SSSR count). The normalized spacial score (nSPS) is 13.6. The van der Waals surface area contributed by atoms with Crippen molar-refractivity contribution in [1.29, 1.82) is 0 Å². The zero-order valence-corrected chi connectivity index (χ0v) is 14.1. The number of rotatable bonds is 3. The maximum absolute atomic E-state index is 13.9. The van der Waals surface area contributed by atoms with E-state index in [9.17, 15) is 4.39 Å². The molecule has 0 amide bonds. The molecule has 0 bridgehead atoms. The highest BCUT2D eigenvalue weighted by Gasteiger charge is 2.21. The molecule has 0 radical (unpaired) electrons.